The van der Waals surface area contributed by atoms with Crippen molar-refractivity contribution >= 4 is 23.2 Å². The van der Waals surface area contributed by atoms with Crippen molar-refractivity contribution in [2.45, 2.75) is 54.4 Å². The number of piperidine rings is 1. The van der Waals surface area contributed by atoms with Crippen LogP contribution in [0.2, 0.25) is 0 Å². The number of allylic oxidation sites excluding steroid dienone is 6. The fourth-order valence-electron chi connectivity index (χ4n) is 3.00. The molecule has 2 rings (SSSR count). The van der Waals surface area contributed by atoms with Crippen LogP contribution in [0.25, 0.3) is 5.57 Å². The number of aromatic amines is 1. The van der Waals surface area contributed by atoms with E-state index in [1.807, 2.05) is 65.8 Å². The normalized spacial score (nSPS) is 17.0. The summed E-state index contributed by atoms with van der Waals surface area (Å²) in [5, 5.41) is 9.86. The number of nitrogens with zero attached hydrogens (tertiary/aromatic N) is 2. The molecule has 30 heavy (non-hydrogen) atoms. The molecule has 2 N–H and O–H groups in total. The molecule has 166 valence electrons. The van der Waals surface area contributed by atoms with Crippen molar-refractivity contribution in [3.8, 4) is 0 Å². The van der Waals surface area contributed by atoms with Crippen LogP contribution in [-0.2, 0) is 9.59 Å². The van der Waals surface area contributed by atoms with Crippen LogP contribution in [0, 0.1) is 5.92 Å². The number of H-pyrrole nitrogens is 1. The van der Waals surface area contributed by atoms with Gasteiger partial charge < -0.3 is 5.32 Å². The van der Waals surface area contributed by atoms with E-state index in [2.05, 4.69) is 22.1 Å². The minimum absolute atomic E-state index is 0.0178. The predicted octanol–water partition coefficient (Wildman–Crippen LogP) is 5.04. The highest BCUT2D eigenvalue weighted by Crippen LogP contribution is 2.29. The van der Waals surface area contributed by atoms with Gasteiger partial charge >= 0.3 is 0 Å². The number of aromatic nitrogens is 2. The number of nitrogens with one attached hydrogen (secondary N) is 2. The Morgan fingerprint density at radius 1 is 1.33 bits per heavy atom. The first-order valence-corrected chi connectivity index (χ1v) is 10.7. The number of carbonyl (C=O) groups is 2. The molecule has 0 aliphatic carbocycles. The average molecular weight is 415 g/mol. The van der Waals surface area contributed by atoms with Crippen LogP contribution in [-0.4, -0.2) is 35.6 Å². The number of hydrogen-bond donors (Lipinski definition) is 2. The maximum Gasteiger partial charge on any atom is 0.243 e. The van der Waals surface area contributed by atoms with Gasteiger partial charge in [-0.25, -0.2) is 0 Å². The second-order valence-corrected chi connectivity index (χ2v) is 6.24. The van der Waals surface area contributed by atoms with Gasteiger partial charge in [0.2, 0.25) is 11.8 Å². The third-order valence-corrected chi connectivity index (χ3v) is 4.47. The largest absolute Gasteiger partial charge is 0.356 e. The minimum Gasteiger partial charge on any atom is -0.356 e. The van der Waals surface area contributed by atoms with E-state index in [-0.39, 0.29) is 17.7 Å². The van der Waals surface area contributed by atoms with E-state index in [0.29, 0.717) is 18.8 Å². The van der Waals surface area contributed by atoms with E-state index in [1.165, 1.54) is 0 Å². The average Bonchev–Trinajstić information content (AvgIpc) is 3.26. The summed E-state index contributed by atoms with van der Waals surface area (Å²) < 4.78 is 0. The molecule has 0 saturated carbocycles. The van der Waals surface area contributed by atoms with Gasteiger partial charge in [0.1, 0.15) is 0 Å². The highest BCUT2D eigenvalue weighted by Gasteiger charge is 2.29. The molecular weight excluding hydrogens is 376 g/mol. The molecular formula is C24H38N4O2. The van der Waals surface area contributed by atoms with Crippen LogP contribution >= 0.6 is 0 Å². The zero-order chi connectivity index (χ0) is 23.1. The molecule has 1 aromatic heterocycles. The highest BCUT2D eigenvalue weighted by atomic mass is 16.2. The second-order valence-electron chi connectivity index (χ2n) is 6.24. The monoisotopic (exact) mass is 414 g/mol. The summed E-state index contributed by atoms with van der Waals surface area (Å²) in [6, 6.07) is 1.88. The molecule has 6 nitrogen and oxygen atoms in total. The minimum atomic E-state index is -0.139. The number of likely N-dealkylation sites (N-methyl/N-ethyl adjacent to an activating group) is 1. The van der Waals surface area contributed by atoms with Crippen LogP contribution in [0.3, 0.4) is 0 Å². The molecule has 1 saturated heterocycles. The maximum atomic E-state index is 12.6. The van der Waals surface area contributed by atoms with Crippen LogP contribution in [0.4, 0.5) is 5.82 Å². The molecule has 0 spiro atoms. The molecule has 1 atom stereocenters. The van der Waals surface area contributed by atoms with Gasteiger partial charge in [-0.2, -0.15) is 5.10 Å². The first-order valence-electron chi connectivity index (χ1n) is 10.7. The Morgan fingerprint density at radius 2 is 2.00 bits per heavy atom. The first kappa shape index (κ1) is 27.1. The van der Waals surface area contributed by atoms with Crippen molar-refractivity contribution in [2.24, 2.45) is 5.92 Å². The molecule has 1 aromatic rings. The van der Waals surface area contributed by atoms with Crippen molar-refractivity contribution in [1.82, 2.24) is 15.5 Å². The standard InChI is InChI=1S/C20H26N4O2.2C2H6/c1-5-7-15(8-6-2)17-13-18(23-22-17)24-10-9-16(12-20(24)26)14(3)11-19(25)21-4;2*1-2/h5-8,11,13,16H,1,9-10,12H2,2-4H3,(H,21,25)(H,22,23);2*1-2H3/b8-6-,14-11+,15-7+;;. The van der Waals surface area contributed by atoms with Gasteiger partial charge in [-0.05, 0) is 31.8 Å². The fourth-order valence-corrected chi connectivity index (χ4v) is 3.00. The van der Waals surface area contributed by atoms with Gasteiger partial charge in [-0.1, -0.05) is 64.2 Å². The number of hydrogen-bond acceptors (Lipinski definition) is 3. The molecule has 1 aliphatic heterocycles. The number of rotatable bonds is 6. The summed E-state index contributed by atoms with van der Waals surface area (Å²) in [4.78, 5) is 25.8. The summed E-state index contributed by atoms with van der Waals surface area (Å²) in [5.41, 5.74) is 2.72. The van der Waals surface area contributed by atoms with E-state index in [9.17, 15) is 9.59 Å². The smallest absolute Gasteiger partial charge is 0.243 e. The van der Waals surface area contributed by atoms with E-state index in [4.69, 9.17) is 0 Å². The topological polar surface area (TPSA) is 78.1 Å². The summed E-state index contributed by atoms with van der Waals surface area (Å²) in [6.45, 7) is 16.1. The van der Waals surface area contributed by atoms with Crippen molar-refractivity contribution in [2.75, 3.05) is 18.5 Å². The number of carbonyl (C=O) groups excluding carboxylic acids is 2. The van der Waals surface area contributed by atoms with Crippen molar-refractivity contribution in [3.05, 3.63) is 54.3 Å². The zero-order valence-electron chi connectivity index (χ0n) is 19.6. The first-order chi connectivity index (χ1) is 14.5. The number of anilines is 1. The Hall–Kier alpha value is -2.89. The lowest BCUT2D eigenvalue weighted by Crippen LogP contribution is -2.39. The molecule has 0 radical (unpaired) electrons. The van der Waals surface area contributed by atoms with E-state index in [0.717, 1.165) is 23.3 Å². The lowest BCUT2D eigenvalue weighted by Gasteiger charge is -2.30. The molecule has 0 bridgehead atoms. The third kappa shape index (κ3) is 7.85. The molecule has 1 aliphatic rings. The van der Waals surface area contributed by atoms with Gasteiger partial charge in [0, 0.05) is 32.2 Å². The van der Waals surface area contributed by atoms with Crippen molar-refractivity contribution in [1.29, 1.82) is 0 Å². The summed E-state index contributed by atoms with van der Waals surface area (Å²) in [6.07, 6.45) is 10.3. The Bertz CT molecular complexity index is 772. The predicted molar refractivity (Wildman–Crippen MR) is 127 cm³/mol. The van der Waals surface area contributed by atoms with Crippen LogP contribution in [0.5, 0.6) is 0 Å². The molecule has 1 unspecified atom stereocenters. The Kier molecular flexibility index (Phi) is 13.6. The van der Waals surface area contributed by atoms with E-state index >= 15 is 0 Å². The van der Waals surface area contributed by atoms with Crippen molar-refractivity contribution in [3.63, 3.8) is 0 Å². The lowest BCUT2D eigenvalue weighted by atomic mass is 9.89. The van der Waals surface area contributed by atoms with Gasteiger partial charge in [0.05, 0.1) is 5.69 Å². The Balaban J connectivity index is 0.00000198. The van der Waals surface area contributed by atoms with Gasteiger partial charge in [-0.3, -0.25) is 19.6 Å². The Labute approximate surface area is 181 Å². The van der Waals surface area contributed by atoms with Crippen molar-refractivity contribution < 1.29 is 9.59 Å². The summed E-state index contributed by atoms with van der Waals surface area (Å²) >= 11 is 0. The summed E-state index contributed by atoms with van der Waals surface area (Å²) in [7, 11) is 1.60. The van der Waals surface area contributed by atoms with E-state index < -0.39 is 0 Å². The SMILES string of the molecule is C=C/C=C(\C=C/C)c1cc(N2CCC(/C(C)=C/C(=O)NC)CC2=O)n[nH]1.CC.CC. The number of amides is 2. The van der Waals surface area contributed by atoms with Gasteiger partial charge in [0.15, 0.2) is 5.82 Å². The molecule has 6 heteroatoms. The summed E-state index contributed by atoms with van der Waals surface area (Å²) in [5.74, 6) is 0.591. The molecule has 2 amide bonds. The zero-order valence-corrected chi connectivity index (χ0v) is 19.6. The third-order valence-electron chi connectivity index (χ3n) is 4.47. The van der Waals surface area contributed by atoms with Gasteiger partial charge in [0.25, 0.3) is 0 Å². The van der Waals surface area contributed by atoms with Gasteiger partial charge in [-0.15, -0.1) is 0 Å². The second kappa shape index (κ2) is 15.0. The highest BCUT2D eigenvalue weighted by molar-refractivity contribution is 5.94. The lowest BCUT2D eigenvalue weighted by molar-refractivity contribution is -0.120. The van der Waals surface area contributed by atoms with Crippen LogP contribution < -0.4 is 10.2 Å². The Morgan fingerprint density at radius 3 is 2.53 bits per heavy atom. The quantitative estimate of drug-likeness (QED) is 0.505. The molecule has 0 aromatic carbocycles. The van der Waals surface area contributed by atoms with E-state index in [1.54, 1.807) is 24.1 Å². The van der Waals surface area contributed by atoms with Crippen LogP contribution in [0.1, 0.15) is 60.1 Å². The van der Waals surface area contributed by atoms with Crippen LogP contribution in [0.15, 0.2) is 48.6 Å². The maximum absolute atomic E-state index is 12.6. The molecule has 2 heterocycles. The fraction of sp³-hybridized carbons (Fsp3) is 0.458. The molecule has 1 fully saturated rings.